The first-order chi connectivity index (χ1) is 6.59. The average molecular weight is 232 g/mol. The fourth-order valence-electron chi connectivity index (χ4n) is 1.18. The van der Waals surface area contributed by atoms with Crippen molar-refractivity contribution in [2.75, 3.05) is 0 Å². The summed E-state index contributed by atoms with van der Waals surface area (Å²) in [5.74, 6) is 0. The number of rotatable bonds is 1. The van der Waals surface area contributed by atoms with Crippen molar-refractivity contribution in [1.82, 2.24) is 0 Å². The Hall–Kier alpha value is -1.20. The summed E-state index contributed by atoms with van der Waals surface area (Å²) in [6, 6.07) is 3.98. The predicted molar refractivity (Wildman–Crippen MR) is 53.4 cm³/mol. The summed E-state index contributed by atoms with van der Waals surface area (Å²) in [4.78, 5) is 9.92. The summed E-state index contributed by atoms with van der Waals surface area (Å²) >= 11 is 6.66. The lowest BCUT2D eigenvalue weighted by atomic mass is 10.2. The standard InChI is InChI=1S/C8H3ClFNO2S/c9-8-4-3-7(10)14-6(4)2-1-5(8)11(12)13/h1-3H. The summed E-state index contributed by atoms with van der Waals surface area (Å²) in [7, 11) is 0. The van der Waals surface area contributed by atoms with Crippen molar-refractivity contribution in [3.63, 3.8) is 0 Å². The molecule has 6 heteroatoms. The number of hydrogen-bond donors (Lipinski definition) is 0. The van der Waals surface area contributed by atoms with Gasteiger partial charge in [-0.05, 0) is 12.1 Å². The molecule has 1 heterocycles. The Labute approximate surface area is 86.9 Å². The van der Waals surface area contributed by atoms with Crippen LogP contribution in [0.3, 0.4) is 0 Å². The molecule has 3 nitrogen and oxygen atoms in total. The third-order valence-electron chi connectivity index (χ3n) is 1.78. The van der Waals surface area contributed by atoms with Crippen molar-refractivity contribution < 1.29 is 9.31 Å². The van der Waals surface area contributed by atoms with Gasteiger partial charge in [-0.25, -0.2) is 0 Å². The molecule has 0 saturated carbocycles. The molecule has 1 aromatic heterocycles. The van der Waals surface area contributed by atoms with Crippen LogP contribution < -0.4 is 0 Å². The van der Waals surface area contributed by atoms with E-state index < -0.39 is 10.1 Å². The minimum atomic E-state index is -0.586. The molecule has 0 unspecified atom stereocenters. The molecule has 0 fully saturated rings. The SMILES string of the molecule is O=[N+]([O-])c1ccc2sc(F)cc2c1Cl. The minimum absolute atomic E-state index is 0.00681. The van der Waals surface area contributed by atoms with Crippen LogP contribution in [-0.2, 0) is 0 Å². The molecule has 0 aliphatic carbocycles. The zero-order chi connectivity index (χ0) is 10.3. The predicted octanol–water partition coefficient (Wildman–Crippen LogP) is 3.60. The second kappa shape index (κ2) is 3.18. The van der Waals surface area contributed by atoms with Crippen molar-refractivity contribution >= 4 is 38.7 Å². The van der Waals surface area contributed by atoms with Gasteiger partial charge >= 0.3 is 0 Å². The zero-order valence-electron chi connectivity index (χ0n) is 6.66. The van der Waals surface area contributed by atoms with Crippen LogP contribution in [0, 0.1) is 15.2 Å². The molecule has 2 rings (SSSR count). The van der Waals surface area contributed by atoms with E-state index in [4.69, 9.17) is 11.6 Å². The van der Waals surface area contributed by atoms with Crippen LogP contribution in [0.5, 0.6) is 0 Å². The maximum Gasteiger partial charge on any atom is 0.288 e. The molecular formula is C8H3ClFNO2S. The second-order valence-corrected chi connectivity index (χ2v) is 4.03. The number of hydrogen-bond acceptors (Lipinski definition) is 3. The Morgan fingerprint density at radius 3 is 2.86 bits per heavy atom. The van der Waals surface area contributed by atoms with Gasteiger partial charge in [0.15, 0.2) is 5.13 Å². The van der Waals surface area contributed by atoms with Crippen LogP contribution in [-0.4, -0.2) is 4.92 Å². The normalized spacial score (nSPS) is 10.7. The minimum Gasteiger partial charge on any atom is -0.258 e. The van der Waals surface area contributed by atoms with Gasteiger partial charge in [-0.3, -0.25) is 10.1 Å². The maximum atomic E-state index is 12.8. The van der Waals surface area contributed by atoms with Crippen molar-refractivity contribution in [3.05, 3.63) is 38.5 Å². The number of halogens is 2. The summed E-state index contributed by atoms with van der Waals surface area (Å²) in [6.45, 7) is 0. The number of benzene rings is 1. The molecule has 0 radical (unpaired) electrons. The van der Waals surface area contributed by atoms with E-state index in [-0.39, 0.29) is 10.7 Å². The van der Waals surface area contributed by atoms with E-state index in [9.17, 15) is 14.5 Å². The smallest absolute Gasteiger partial charge is 0.258 e. The molecule has 14 heavy (non-hydrogen) atoms. The molecule has 72 valence electrons. The molecule has 0 bridgehead atoms. The Kier molecular flexibility index (Phi) is 2.13. The topological polar surface area (TPSA) is 43.1 Å². The largest absolute Gasteiger partial charge is 0.288 e. The summed E-state index contributed by atoms with van der Waals surface area (Å²) in [5.41, 5.74) is -0.197. The third kappa shape index (κ3) is 1.34. The first-order valence-corrected chi connectivity index (χ1v) is 4.81. The molecule has 0 aliphatic heterocycles. The van der Waals surface area contributed by atoms with Crippen LogP contribution in [0.1, 0.15) is 0 Å². The van der Waals surface area contributed by atoms with E-state index in [0.29, 0.717) is 10.1 Å². The first kappa shape index (κ1) is 9.36. The van der Waals surface area contributed by atoms with Gasteiger partial charge < -0.3 is 0 Å². The Morgan fingerprint density at radius 1 is 1.50 bits per heavy atom. The highest BCUT2D eigenvalue weighted by Crippen LogP contribution is 2.36. The van der Waals surface area contributed by atoms with Crippen LogP contribution >= 0.6 is 22.9 Å². The summed E-state index contributed by atoms with van der Waals surface area (Å²) < 4.78 is 13.4. The number of nitro benzene ring substituents is 1. The molecular weight excluding hydrogens is 229 g/mol. The lowest BCUT2D eigenvalue weighted by Crippen LogP contribution is -1.88. The molecule has 0 atom stereocenters. The zero-order valence-corrected chi connectivity index (χ0v) is 8.23. The molecule has 0 aliphatic rings. The molecule has 2 aromatic rings. The van der Waals surface area contributed by atoms with E-state index in [1.807, 2.05) is 0 Å². The number of nitro groups is 1. The molecule has 0 N–H and O–H groups in total. The molecule has 0 saturated heterocycles. The van der Waals surface area contributed by atoms with Gasteiger partial charge in [-0.1, -0.05) is 11.6 Å². The van der Waals surface area contributed by atoms with E-state index in [1.165, 1.54) is 18.2 Å². The van der Waals surface area contributed by atoms with Crippen molar-refractivity contribution in [3.8, 4) is 0 Å². The third-order valence-corrected chi connectivity index (χ3v) is 3.07. The second-order valence-electron chi connectivity index (χ2n) is 2.62. The Bertz CT molecular complexity index is 525. The molecule has 0 spiro atoms. The Balaban J connectivity index is 2.80. The summed E-state index contributed by atoms with van der Waals surface area (Å²) in [6.07, 6.45) is 0. The lowest BCUT2D eigenvalue weighted by Gasteiger charge is -1.95. The van der Waals surface area contributed by atoms with E-state index in [2.05, 4.69) is 0 Å². The highest BCUT2D eigenvalue weighted by molar-refractivity contribution is 7.17. The fourth-order valence-corrected chi connectivity index (χ4v) is 2.31. The van der Waals surface area contributed by atoms with E-state index in [1.54, 1.807) is 0 Å². The fraction of sp³-hybridized carbons (Fsp3) is 0. The van der Waals surface area contributed by atoms with Gasteiger partial charge in [0.1, 0.15) is 5.02 Å². The van der Waals surface area contributed by atoms with Gasteiger partial charge in [0.05, 0.1) is 4.92 Å². The van der Waals surface area contributed by atoms with Crippen LogP contribution in [0.25, 0.3) is 10.1 Å². The maximum absolute atomic E-state index is 12.8. The monoisotopic (exact) mass is 231 g/mol. The van der Waals surface area contributed by atoms with Gasteiger partial charge in [-0.15, -0.1) is 11.3 Å². The van der Waals surface area contributed by atoms with E-state index >= 15 is 0 Å². The van der Waals surface area contributed by atoms with Crippen molar-refractivity contribution in [2.45, 2.75) is 0 Å². The molecule has 0 amide bonds. The quantitative estimate of drug-likeness (QED) is 0.556. The number of thiophene rings is 1. The van der Waals surface area contributed by atoms with Crippen LogP contribution in [0.2, 0.25) is 5.02 Å². The van der Waals surface area contributed by atoms with Crippen molar-refractivity contribution in [2.24, 2.45) is 0 Å². The van der Waals surface area contributed by atoms with Gasteiger partial charge in [0.25, 0.3) is 5.69 Å². The highest BCUT2D eigenvalue weighted by atomic mass is 35.5. The highest BCUT2D eigenvalue weighted by Gasteiger charge is 2.16. The first-order valence-electron chi connectivity index (χ1n) is 3.61. The van der Waals surface area contributed by atoms with Gasteiger partial charge in [0, 0.05) is 16.2 Å². The summed E-state index contributed by atoms with van der Waals surface area (Å²) in [5, 5.41) is 10.5. The lowest BCUT2D eigenvalue weighted by molar-refractivity contribution is -0.384. The van der Waals surface area contributed by atoms with E-state index in [0.717, 1.165) is 11.3 Å². The van der Waals surface area contributed by atoms with Gasteiger partial charge in [-0.2, -0.15) is 4.39 Å². The van der Waals surface area contributed by atoms with Crippen LogP contribution in [0.4, 0.5) is 10.1 Å². The van der Waals surface area contributed by atoms with Crippen LogP contribution in [0.15, 0.2) is 18.2 Å². The van der Waals surface area contributed by atoms with Crippen molar-refractivity contribution in [1.29, 1.82) is 0 Å². The average Bonchev–Trinajstić information content (AvgIpc) is 2.46. The number of fused-ring (bicyclic) bond motifs is 1. The van der Waals surface area contributed by atoms with Gasteiger partial charge in [0.2, 0.25) is 0 Å². The molecule has 1 aromatic carbocycles. The Morgan fingerprint density at radius 2 is 2.21 bits per heavy atom. The number of nitrogens with zero attached hydrogens (tertiary/aromatic N) is 1.